The number of carbonyl (C=O) groups is 3. The van der Waals surface area contributed by atoms with E-state index in [2.05, 4.69) is 37.1 Å². The molecular formula is C25H41N3O4S. The highest BCUT2D eigenvalue weighted by Gasteiger charge is 2.34. The zero-order valence-electron chi connectivity index (χ0n) is 20.9. The highest BCUT2D eigenvalue weighted by Crippen LogP contribution is 2.23. The fourth-order valence-electron chi connectivity index (χ4n) is 3.39. The van der Waals surface area contributed by atoms with Crippen LogP contribution in [0.15, 0.2) is 24.3 Å². The molecule has 33 heavy (non-hydrogen) atoms. The number of carbonyl (C=O) groups excluding carboxylic acids is 3. The number of nitrogens with zero attached hydrogens (tertiary/aromatic N) is 1. The van der Waals surface area contributed by atoms with Crippen molar-refractivity contribution in [1.82, 2.24) is 15.5 Å². The largest absolute Gasteiger partial charge is 0.444 e. The molecular weight excluding hydrogens is 438 g/mol. The average molecular weight is 480 g/mol. The Bertz CT molecular complexity index is 762. The van der Waals surface area contributed by atoms with Crippen molar-refractivity contribution in [3.8, 4) is 0 Å². The molecule has 1 aromatic carbocycles. The molecule has 3 amide bonds. The molecule has 2 N–H and O–H groups in total. The molecule has 0 aliphatic rings. The number of ether oxygens (including phenoxy) is 1. The maximum atomic E-state index is 13.5. The van der Waals surface area contributed by atoms with Crippen LogP contribution in [0.2, 0.25) is 0 Å². The first-order chi connectivity index (χ1) is 15.6. The molecule has 0 bridgehead atoms. The third-order valence-corrected chi connectivity index (χ3v) is 5.50. The summed E-state index contributed by atoms with van der Waals surface area (Å²) in [5.41, 5.74) is 1.18. The lowest BCUT2D eigenvalue weighted by molar-refractivity contribution is -0.141. The van der Waals surface area contributed by atoms with Crippen molar-refractivity contribution in [3.05, 3.63) is 35.4 Å². The van der Waals surface area contributed by atoms with Crippen molar-refractivity contribution in [1.29, 1.82) is 0 Å². The Hall–Kier alpha value is -2.22. The SMILES string of the molecule is CCCCCNC(=O)C(c1ccc(CC)cc1)N(CC)C(=O)C(CS)NC(=O)OC(C)(C)C. The van der Waals surface area contributed by atoms with Gasteiger partial charge < -0.3 is 20.3 Å². The molecule has 7 nitrogen and oxygen atoms in total. The van der Waals surface area contributed by atoms with Gasteiger partial charge >= 0.3 is 6.09 Å². The average Bonchev–Trinajstić information content (AvgIpc) is 2.77. The van der Waals surface area contributed by atoms with Gasteiger partial charge in [-0.2, -0.15) is 12.6 Å². The summed E-state index contributed by atoms with van der Waals surface area (Å²) >= 11 is 4.27. The summed E-state index contributed by atoms with van der Waals surface area (Å²) in [5.74, 6) is -0.541. The van der Waals surface area contributed by atoms with E-state index in [1.165, 1.54) is 4.90 Å². The Labute approximate surface area is 204 Å². The molecule has 2 unspecified atom stereocenters. The Morgan fingerprint density at radius 1 is 1.06 bits per heavy atom. The van der Waals surface area contributed by atoms with Gasteiger partial charge in [-0.3, -0.25) is 9.59 Å². The summed E-state index contributed by atoms with van der Waals surface area (Å²) in [7, 11) is 0. The number of likely N-dealkylation sites (N-methyl/N-ethyl adjacent to an activating group) is 1. The van der Waals surface area contributed by atoms with Gasteiger partial charge in [0.1, 0.15) is 17.7 Å². The maximum Gasteiger partial charge on any atom is 0.408 e. The first kappa shape index (κ1) is 28.8. The van der Waals surface area contributed by atoms with Crippen LogP contribution < -0.4 is 10.6 Å². The van der Waals surface area contributed by atoms with E-state index in [-0.39, 0.29) is 17.6 Å². The number of rotatable bonds is 12. The lowest BCUT2D eigenvalue weighted by Crippen LogP contribution is -2.53. The molecule has 0 radical (unpaired) electrons. The summed E-state index contributed by atoms with van der Waals surface area (Å²) < 4.78 is 5.29. The first-order valence-electron chi connectivity index (χ1n) is 11.8. The van der Waals surface area contributed by atoms with Gasteiger partial charge in [0, 0.05) is 18.8 Å². The predicted molar refractivity (Wildman–Crippen MR) is 135 cm³/mol. The highest BCUT2D eigenvalue weighted by atomic mass is 32.1. The summed E-state index contributed by atoms with van der Waals surface area (Å²) in [6, 6.07) is 6.00. The molecule has 0 spiro atoms. The van der Waals surface area contributed by atoms with Crippen molar-refractivity contribution in [2.75, 3.05) is 18.8 Å². The smallest absolute Gasteiger partial charge is 0.408 e. The molecule has 0 heterocycles. The van der Waals surface area contributed by atoms with Gasteiger partial charge in [-0.15, -0.1) is 0 Å². The van der Waals surface area contributed by atoms with Crippen molar-refractivity contribution in [3.63, 3.8) is 0 Å². The molecule has 1 aromatic rings. The molecule has 0 saturated carbocycles. The summed E-state index contributed by atoms with van der Waals surface area (Å²) in [6.45, 7) is 12.1. The number of unbranched alkanes of at least 4 members (excludes halogenated alkanes) is 2. The van der Waals surface area contributed by atoms with E-state index in [0.29, 0.717) is 13.1 Å². The fraction of sp³-hybridized carbons (Fsp3) is 0.640. The van der Waals surface area contributed by atoms with E-state index in [9.17, 15) is 14.4 Å². The Kier molecular flexibility index (Phi) is 12.3. The van der Waals surface area contributed by atoms with Crippen LogP contribution in [-0.4, -0.2) is 53.3 Å². The molecule has 0 fully saturated rings. The van der Waals surface area contributed by atoms with Gasteiger partial charge in [0.05, 0.1) is 0 Å². The van der Waals surface area contributed by atoms with Gasteiger partial charge in [-0.05, 0) is 51.7 Å². The van der Waals surface area contributed by atoms with E-state index < -0.39 is 23.8 Å². The summed E-state index contributed by atoms with van der Waals surface area (Å²) in [6.07, 6.45) is 3.14. The van der Waals surface area contributed by atoms with Crippen LogP contribution in [0.3, 0.4) is 0 Å². The fourth-order valence-corrected chi connectivity index (χ4v) is 3.64. The highest BCUT2D eigenvalue weighted by molar-refractivity contribution is 7.80. The van der Waals surface area contributed by atoms with E-state index in [1.54, 1.807) is 20.8 Å². The number of amides is 3. The van der Waals surface area contributed by atoms with Gasteiger partial charge in [0.15, 0.2) is 0 Å². The van der Waals surface area contributed by atoms with Crippen LogP contribution in [0.5, 0.6) is 0 Å². The molecule has 0 aromatic heterocycles. The van der Waals surface area contributed by atoms with Gasteiger partial charge in [-0.1, -0.05) is 51.0 Å². The third-order valence-electron chi connectivity index (χ3n) is 5.14. The first-order valence-corrected chi connectivity index (χ1v) is 12.5. The molecule has 0 saturated heterocycles. The van der Waals surface area contributed by atoms with Crippen LogP contribution in [0.25, 0.3) is 0 Å². The number of benzene rings is 1. The van der Waals surface area contributed by atoms with E-state index in [4.69, 9.17) is 4.74 Å². The van der Waals surface area contributed by atoms with Crippen molar-refractivity contribution in [2.45, 2.75) is 84.9 Å². The van der Waals surface area contributed by atoms with Crippen LogP contribution in [0.1, 0.15) is 78.0 Å². The number of hydrogen-bond donors (Lipinski definition) is 3. The monoisotopic (exact) mass is 479 g/mol. The second kappa shape index (κ2) is 14.1. The Morgan fingerprint density at radius 3 is 2.18 bits per heavy atom. The third kappa shape index (κ3) is 9.66. The lowest BCUT2D eigenvalue weighted by Gasteiger charge is -2.33. The molecule has 186 valence electrons. The Balaban J connectivity index is 3.17. The number of alkyl carbamates (subject to hydrolysis) is 1. The van der Waals surface area contributed by atoms with Crippen LogP contribution in [0, 0.1) is 0 Å². The van der Waals surface area contributed by atoms with Crippen molar-refractivity contribution < 1.29 is 19.1 Å². The number of aryl methyl sites for hydroxylation is 1. The van der Waals surface area contributed by atoms with Crippen LogP contribution in [0.4, 0.5) is 4.79 Å². The topological polar surface area (TPSA) is 87.7 Å². The van der Waals surface area contributed by atoms with E-state index in [0.717, 1.165) is 36.8 Å². The minimum absolute atomic E-state index is 0.0776. The van der Waals surface area contributed by atoms with E-state index >= 15 is 0 Å². The molecule has 0 aliphatic heterocycles. The standard InChI is InChI=1S/C25H41N3O4S/c1-7-10-11-16-26-22(29)21(19-14-12-18(8-2)13-15-19)28(9-3)23(30)20(17-33)27-24(31)32-25(4,5)6/h12-15,20-21,33H,7-11,16-17H2,1-6H3,(H,26,29)(H,27,31). The maximum absolute atomic E-state index is 13.5. The van der Waals surface area contributed by atoms with Crippen molar-refractivity contribution >= 4 is 30.5 Å². The van der Waals surface area contributed by atoms with Crippen LogP contribution in [-0.2, 0) is 20.7 Å². The van der Waals surface area contributed by atoms with Gasteiger partial charge in [0.2, 0.25) is 11.8 Å². The van der Waals surface area contributed by atoms with Crippen molar-refractivity contribution in [2.24, 2.45) is 0 Å². The number of hydrogen-bond acceptors (Lipinski definition) is 5. The molecule has 8 heteroatoms. The second-order valence-electron chi connectivity index (χ2n) is 9.00. The Morgan fingerprint density at radius 2 is 1.70 bits per heavy atom. The van der Waals surface area contributed by atoms with Gasteiger partial charge in [0.25, 0.3) is 0 Å². The molecule has 2 atom stereocenters. The molecule has 1 rings (SSSR count). The number of nitrogens with one attached hydrogen (secondary N) is 2. The zero-order valence-corrected chi connectivity index (χ0v) is 21.8. The minimum Gasteiger partial charge on any atom is -0.444 e. The minimum atomic E-state index is -0.923. The zero-order chi connectivity index (χ0) is 25.0. The molecule has 0 aliphatic carbocycles. The normalized spacial score (nSPS) is 13.1. The van der Waals surface area contributed by atoms with Gasteiger partial charge in [-0.25, -0.2) is 4.79 Å². The number of thiol groups is 1. The quantitative estimate of drug-likeness (QED) is 0.309. The predicted octanol–water partition coefficient (Wildman–Crippen LogP) is 4.27. The second-order valence-corrected chi connectivity index (χ2v) is 9.37. The lowest BCUT2D eigenvalue weighted by atomic mass is 10.0. The summed E-state index contributed by atoms with van der Waals surface area (Å²) in [4.78, 5) is 40.5. The van der Waals surface area contributed by atoms with Crippen LogP contribution >= 0.6 is 12.6 Å². The summed E-state index contributed by atoms with van der Waals surface area (Å²) in [5, 5.41) is 5.58. The van der Waals surface area contributed by atoms with E-state index in [1.807, 2.05) is 31.2 Å².